The molecule has 0 spiro atoms. The molecule has 0 amide bonds. The Labute approximate surface area is 103 Å². The van der Waals surface area contributed by atoms with Crippen LogP contribution in [-0.2, 0) is 6.42 Å². The second kappa shape index (κ2) is 5.56. The highest BCUT2D eigenvalue weighted by atomic mass is 32.1. The first-order chi connectivity index (χ1) is 8.20. The van der Waals surface area contributed by atoms with Crippen molar-refractivity contribution in [3.63, 3.8) is 0 Å². The third-order valence-corrected chi connectivity index (χ3v) is 3.63. The number of likely N-dealkylation sites (N-methyl/N-ethyl adjacent to an activating group) is 1. The molecule has 1 nitrogen and oxygen atoms in total. The Morgan fingerprint density at radius 1 is 1.29 bits per heavy atom. The summed E-state index contributed by atoms with van der Waals surface area (Å²) in [6, 6.07) is 7.22. The number of halogens is 2. The van der Waals surface area contributed by atoms with Crippen LogP contribution in [0.4, 0.5) is 8.78 Å². The number of nitrogens with one attached hydrogen (secondary N) is 1. The van der Waals surface area contributed by atoms with E-state index in [1.807, 2.05) is 36.6 Å². The highest BCUT2D eigenvalue weighted by molar-refractivity contribution is 7.17. The van der Waals surface area contributed by atoms with Crippen LogP contribution < -0.4 is 5.32 Å². The summed E-state index contributed by atoms with van der Waals surface area (Å²) in [6.07, 6.45) is -1.95. The van der Waals surface area contributed by atoms with Gasteiger partial charge in [0.2, 0.25) is 0 Å². The molecule has 2 aromatic rings. The number of thiophene rings is 1. The van der Waals surface area contributed by atoms with Gasteiger partial charge in [-0.15, -0.1) is 11.3 Å². The van der Waals surface area contributed by atoms with Gasteiger partial charge in [-0.3, -0.25) is 0 Å². The van der Waals surface area contributed by atoms with Crippen LogP contribution >= 0.6 is 11.3 Å². The van der Waals surface area contributed by atoms with Crippen LogP contribution in [0.3, 0.4) is 0 Å². The van der Waals surface area contributed by atoms with Crippen LogP contribution in [-0.4, -0.2) is 19.0 Å². The van der Waals surface area contributed by atoms with Crippen molar-refractivity contribution in [3.05, 3.63) is 35.2 Å². The minimum Gasteiger partial charge on any atom is -0.309 e. The monoisotopic (exact) mass is 255 g/mol. The van der Waals surface area contributed by atoms with Crippen LogP contribution in [0.5, 0.6) is 0 Å². The van der Waals surface area contributed by atoms with Crippen molar-refractivity contribution in [3.8, 4) is 0 Å². The van der Waals surface area contributed by atoms with Crippen molar-refractivity contribution in [2.45, 2.75) is 25.8 Å². The van der Waals surface area contributed by atoms with E-state index in [4.69, 9.17) is 0 Å². The number of alkyl halides is 2. The molecular formula is C13H15F2NS. The molecule has 0 aliphatic carbocycles. The van der Waals surface area contributed by atoms with Crippen molar-refractivity contribution in [1.82, 2.24) is 5.32 Å². The molecule has 92 valence electrons. The van der Waals surface area contributed by atoms with E-state index in [-0.39, 0.29) is 0 Å². The molecule has 17 heavy (non-hydrogen) atoms. The zero-order valence-corrected chi connectivity index (χ0v) is 10.4. The van der Waals surface area contributed by atoms with Gasteiger partial charge in [-0.1, -0.05) is 19.1 Å². The average molecular weight is 255 g/mol. The Hall–Kier alpha value is -1.00. The molecule has 0 aliphatic rings. The van der Waals surface area contributed by atoms with E-state index < -0.39 is 12.5 Å². The van der Waals surface area contributed by atoms with Gasteiger partial charge in [-0.25, -0.2) is 8.78 Å². The molecule has 0 fully saturated rings. The number of rotatable bonds is 5. The van der Waals surface area contributed by atoms with Crippen LogP contribution in [0.2, 0.25) is 0 Å². The fourth-order valence-electron chi connectivity index (χ4n) is 1.89. The zero-order chi connectivity index (χ0) is 12.3. The van der Waals surface area contributed by atoms with E-state index in [0.29, 0.717) is 13.0 Å². The Balaban J connectivity index is 2.15. The number of hydrogen-bond acceptors (Lipinski definition) is 2. The van der Waals surface area contributed by atoms with Crippen LogP contribution in [0.1, 0.15) is 12.5 Å². The van der Waals surface area contributed by atoms with Crippen molar-refractivity contribution in [2.75, 3.05) is 6.54 Å². The molecule has 1 aromatic carbocycles. The van der Waals surface area contributed by atoms with Gasteiger partial charge in [0.15, 0.2) is 0 Å². The molecule has 1 N–H and O–H groups in total. The predicted molar refractivity (Wildman–Crippen MR) is 69.0 cm³/mol. The van der Waals surface area contributed by atoms with Gasteiger partial charge >= 0.3 is 0 Å². The maximum absolute atomic E-state index is 12.8. The van der Waals surface area contributed by atoms with Gasteiger partial charge in [0.1, 0.15) is 0 Å². The first kappa shape index (κ1) is 12.5. The first-order valence-electron chi connectivity index (χ1n) is 5.68. The predicted octanol–water partition coefficient (Wildman–Crippen LogP) is 3.69. The van der Waals surface area contributed by atoms with Crippen molar-refractivity contribution < 1.29 is 8.78 Å². The lowest BCUT2D eigenvalue weighted by atomic mass is 10.1. The van der Waals surface area contributed by atoms with E-state index in [1.54, 1.807) is 11.3 Å². The molecule has 1 heterocycles. The van der Waals surface area contributed by atoms with E-state index in [0.717, 1.165) is 10.3 Å². The number of fused-ring (bicyclic) bond motifs is 1. The van der Waals surface area contributed by atoms with Crippen molar-refractivity contribution in [1.29, 1.82) is 0 Å². The van der Waals surface area contributed by atoms with Crippen molar-refractivity contribution in [2.24, 2.45) is 0 Å². The van der Waals surface area contributed by atoms with Gasteiger partial charge < -0.3 is 5.32 Å². The van der Waals surface area contributed by atoms with Gasteiger partial charge in [-0.05, 0) is 41.4 Å². The fraction of sp³-hybridized carbons (Fsp3) is 0.385. The Bertz CT molecular complexity index is 481. The molecule has 2 rings (SSSR count). The molecule has 1 unspecified atom stereocenters. The summed E-state index contributed by atoms with van der Waals surface area (Å²) < 4.78 is 26.7. The zero-order valence-electron chi connectivity index (χ0n) is 9.62. The summed E-state index contributed by atoms with van der Waals surface area (Å²) in [5, 5.41) is 6.02. The normalized spacial score (nSPS) is 13.4. The van der Waals surface area contributed by atoms with Crippen LogP contribution in [0, 0.1) is 0 Å². The molecule has 4 heteroatoms. The molecule has 0 saturated carbocycles. The quantitative estimate of drug-likeness (QED) is 0.859. The Morgan fingerprint density at radius 2 is 2.12 bits per heavy atom. The summed E-state index contributed by atoms with van der Waals surface area (Å²) >= 11 is 1.64. The molecule has 0 aliphatic heterocycles. The van der Waals surface area contributed by atoms with Crippen molar-refractivity contribution >= 4 is 21.4 Å². The average Bonchev–Trinajstić information content (AvgIpc) is 2.75. The molecule has 1 aromatic heterocycles. The lowest BCUT2D eigenvalue weighted by Crippen LogP contribution is -2.37. The minimum atomic E-state index is -2.33. The Morgan fingerprint density at radius 3 is 2.82 bits per heavy atom. The summed E-state index contributed by atoms with van der Waals surface area (Å²) in [5.74, 6) is 0. The van der Waals surface area contributed by atoms with Gasteiger partial charge in [0.25, 0.3) is 6.43 Å². The summed E-state index contributed by atoms with van der Waals surface area (Å²) in [7, 11) is 0. The van der Waals surface area contributed by atoms with Crippen LogP contribution in [0.25, 0.3) is 10.1 Å². The minimum absolute atomic E-state index is 0.374. The third-order valence-electron chi connectivity index (χ3n) is 2.75. The highest BCUT2D eigenvalue weighted by Gasteiger charge is 2.19. The van der Waals surface area contributed by atoms with E-state index in [9.17, 15) is 8.78 Å². The summed E-state index contributed by atoms with van der Waals surface area (Å²) in [5.41, 5.74) is 0.964. The second-order valence-electron chi connectivity index (χ2n) is 4.00. The highest BCUT2D eigenvalue weighted by Crippen LogP contribution is 2.23. The molecule has 0 saturated heterocycles. The second-order valence-corrected chi connectivity index (χ2v) is 4.94. The van der Waals surface area contributed by atoms with E-state index >= 15 is 0 Å². The van der Waals surface area contributed by atoms with Crippen LogP contribution in [0.15, 0.2) is 29.6 Å². The van der Waals surface area contributed by atoms with E-state index in [2.05, 4.69) is 5.32 Å². The standard InChI is InChI=1S/C13H15F2NS/c1-2-16-11(13(14)15)7-9-3-4-10-5-6-17-12(10)8-9/h3-6,8,11,13,16H,2,7H2,1H3. The molecule has 0 radical (unpaired) electrons. The maximum atomic E-state index is 12.8. The first-order valence-corrected chi connectivity index (χ1v) is 6.56. The van der Waals surface area contributed by atoms with Gasteiger partial charge in [0.05, 0.1) is 6.04 Å². The maximum Gasteiger partial charge on any atom is 0.254 e. The topological polar surface area (TPSA) is 12.0 Å². The summed E-state index contributed by atoms with van der Waals surface area (Å²) in [6.45, 7) is 2.41. The summed E-state index contributed by atoms with van der Waals surface area (Å²) in [4.78, 5) is 0. The third kappa shape index (κ3) is 3.01. The lowest BCUT2D eigenvalue weighted by molar-refractivity contribution is 0.0991. The Kier molecular flexibility index (Phi) is 4.07. The van der Waals surface area contributed by atoms with Gasteiger partial charge in [-0.2, -0.15) is 0 Å². The number of benzene rings is 1. The molecular weight excluding hydrogens is 240 g/mol. The largest absolute Gasteiger partial charge is 0.309 e. The number of hydrogen-bond donors (Lipinski definition) is 1. The fourth-order valence-corrected chi connectivity index (χ4v) is 2.75. The smallest absolute Gasteiger partial charge is 0.254 e. The van der Waals surface area contributed by atoms with E-state index in [1.165, 1.54) is 5.39 Å². The van der Waals surface area contributed by atoms with Gasteiger partial charge in [0, 0.05) is 4.70 Å². The molecule has 1 atom stereocenters. The SMILES string of the molecule is CCNC(Cc1ccc2ccsc2c1)C(F)F. The lowest BCUT2D eigenvalue weighted by Gasteiger charge is -2.16. The molecule has 0 bridgehead atoms.